The first kappa shape index (κ1) is 12.1. The first-order valence-corrected chi connectivity index (χ1v) is 7.97. The predicted octanol–water partition coefficient (Wildman–Crippen LogP) is 3.40. The van der Waals surface area contributed by atoms with Gasteiger partial charge in [0.2, 0.25) is 0 Å². The Morgan fingerprint density at radius 1 is 1.25 bits per heavy atom. The van der Waals surface area contributed by atoms with E-state index >= 15 is 0 Å². The molecule has 2 aromatic heterocycles. The van der Waals surface area contributed by atoms with E-state index in [1.54, 1.807) is 0 Å². The van der Waals surface area contributed by atoms with Crippen LogP contribution in [0.3, 0.4) is 0 Å². The molecule has 3 aromatic rings. The molecule has 0 unspecified atom stereocenters. The lowest BCUT2D eigenvalue weighted by Gasteiger charge is -2.08. The van der Waals surface area contributed by atoms with E-state index in [4.69, 9.17) is 0 Å². The van der Waals surface area contributed by atoms with Gasteiger partial charge >= 0.3 is 0 Å². The third-order valence-corrected chi connectivity index (χ3v) is 4.85. The number of hydrogen-bond acceptors (Lipinski definition) is 3. The normalized spacial score (nSPS) is 15.0. The van der Waals surface area contributed by atoms with Crippen molar-refractivity contribution in [3.8, 4) is 0 Å². The van der Waals surface area contributed by atoms with Crippen LogP contribution in [0.15, 0.2) is 41.9 Å². The fraction of sp³-hybridized carbons (Fsp3) is 0.312. The molecule has 0 aliphatic heterocycles. The summed E-state index contributed by atoms with van der Waals surface area (Å²) in [5.41, 5.74) is 2.63. The molecule has 1 aliphatic rings. The minimum Gasteiger partial charge on any atom is -0.308 e. The molecule has 1 fully saturated rings. The van der Waals surface area contributed by atoms with Gasteiger partial charge in [0.15, 0.2) is 0 Å². The molecular formula is C16H17N3S. The minimum atomic E-state index is 0.736. The first-order chi connectivity index (χ1) is 9.90. The van der Waals surface area contributed by atoms with E-state index < -0.39 is 0 Å². The van der Waals surface area contributed by atoms with Crippen LogP contribution >= 0.6 is 11.3 Å². The molecule has 0 atom stereocenters. The molecule has 1 saturated carbocycles. The van der Waals surface area contributed by atoms with E-state index in [9.17, 15) is 0 Å². The van der Waals surface area contributed by atoms with Gasteiger partial charge in [0.05, 0.1) is 12.2 Å². The Morgan fingerprint density at radius 2 is 2.15 bits per heavy atom. The van der Waals surface area contributed by atoms with Gasteiger partial charge in [0, 0.05) is 23.5 Å². The molecule has 3 nitrogen and oxygen atoms in total. The van der Waals surface area contributed by atoms with Crippen LogP contribution in [0.4, 0.5) is 0 Å². The van der Waals surface area contributed by atoms with Gasteiger partial charge in [-0.3, -0.25) is 4.68 Å². The third kappa shape index (κ3) is 2.37. The van der Waals surface area contributed by atoms with Gasteiger partial charge in [-0.2, -0.15) is 5.10 Å². The van der Waals surface area contributed by atoms with E-state index in [0.29, 0.717) is 0 Å². The Balaban J connectivity index is 1.57. The standard InChI is InChI=1S/C16H17N3S/c1-2-4-16-15(3-1)12(11-20-16)10-19-14(7-8-18-19)9-17-13-5-6-13/h1-4,7-8,11,13,17H,5-6,9-10H2. The number of nitrogens with one attached hydrogen (secondary N) is 1. The summed E-state index contributed by atoms with van der Waals surface area (Å²) in [6.45, 7) is 1.78. The molecule has 2 heterocycles. The fourth-order valence-corrected chi connectivity index (χ4v) is 3.46. The van der Waals surface area contributed by atoms with Crippen molar-refractivity contribution in [1.29, 1.82) is 0 Å². The van der Waals surface area contributed by atoms with Crippen molar-refractivity contribution in [1.82, 2.24) is 15.1 Å². The average molecular weight is 283 g/mol. The summed E-state index contributed by atoms with van der Waals surface area (Å²) >= 11 is 1.81. The predicted molar refractivity (Wildman–Crippen MR) is 83.0 cm³/mol. The molecule has 0 amide bonds. The smallest absolute Gasteiger partial charge is 0.0677 e. The summed E-state index contributed by atoms with van der Waals surface area (Å²) < 4.78 is 3.47. The van der Waals surface area contributed by atoms with Crippen LogP contribution in [-0.2, 0) is 13.1 Å². The van der Waals surface area contributed by atoms with Gasteiger partial charge in [-0.05, 0) is 41.3 Å². The second kappa shape index (κ2) is 5.04. The lowest BCUT2D eigenvalue weighted by Crippen LogP contribution is -2.18. The summed E-state index contributed by atoms with van der Waals surface area (Å²) in [4.78, 5) is 0. The maximum absolute atomic E-state index is 4.48. The molecule has 4 rings (SSSR count). The maximum Gasteiger partial charge on any atom is 0.0677 e. The van der Waals surface area contributed by atoms with Crippen LogP contribution in [0.2, 0.25) is 0 Å². The Bertz CT molecular complexity index is 724. The summed E-state index contributed by atoms with van der Waals surface area (Å²) in [6.07, 6.45) is 4.55. The largest absolute Gasteiger partial charge is 0.308 e. The molecule has 102 valence electrons. The molecule has 20 heavy (non-hydrogen) atoms. The van der Waals surface area contributed by atoms with Crippen molar-refractivity contribution < 1.29 is 0 Å². The first-order valence-electron chi connectivity index (χ1n) is 7.09. The van der Waals surface area contributed by atoms with Crippen molar-refractivity contribution in [2.24, 2.45) is 0 Å². The van der Waals surface area contributed by atoms with Gasteiger partial charge in [-0.25, -0.2) is 0 Å². The number of thiophene rings is 1. The molecule has 1 N–H and O–H groups in total. The molecule has 1 aromatic carbocycles. The molecule has 0 radical (unpaired) electrons. The fourth-order valence-electron chi connectivity index (χ4n) is 2.51. The van der Waals surface area contributed by atoms with E-state index in [-0.39, 0.29) is 0 Å². The van der Waals surface area contributed by atoms with Crippen molar-refractivity contribution in [3.63, 3.8) is 0 Å². The van der Waals surface area contributed by atoms with Gasteiger partial charge in [0.25, 0.3) is 0 Å². The Morgan fingerprint density at radius 3 is 3.05 bits per heavy atom. The molecule has 0 spiro atoms. The highest BCUT2D eigenvalue weighted by molar-refractivity contribution is 7.17. The lowest BCUT2D eigenvalue weighted by molar-refractivity contribution is 0.595. The van der Waals surface area contributed by atoms with Crippen LogP contribution in [-0.4, -0.2) is 15.8 Å². The highest BCUT2D eigenvalue weighted by Crippen LogP contribution is 2.26. The van der Waals surface area contributed by atoms with Crippen LogP contribution < -0.4 is 5.32 Å². The highest BCUT2D eigenvalue weighted by Gasteiger charge is 2.20. The number of hydrogen-bond donors (Lipinski definition) is 1. The van der Waals surface area contributed by atoms with Crippen molar-refractivity contribution in [2.45, 2.75) is 32.0 Å². The third-order valence-electron chi connectivity index (χ3n) is 3.83. The molecule has 4 heteroatoms. The van der Waals surface area contributed by atoms with E-state index in [2.05, 4.69) is 50.8 Å². The molecular weight excluding hydrogens is 266 g/mol. The summed E-state index contributed by atoms with van der Waals surface area (Å²) in [6, 6.07) is 11.4. The van der Waals surface area contributed by atoms with Crippen molar-refractivity contribution >= 4 is 21.4 Å². The van der Waals surface area contributed by atoms with Crippen LogP contribution in [0.1, 0.15) is 24.1 Å². The molecule has 0 saturated heterocycles. The molecule has 1 aliphatic carbocycles. The van der Waals surface area contributed by atoms with Crippen molar-refractivity contribution in [3.05, 3.63) is 53.2 Å². The van der Waals surface area contributed by atoms with Gasteiger partial charge in [-0.15, -0.1) is 11.3 Å². The zero-order chi connectivity index (χ0) is 13.4. The van der Waals surface area contributed by atoms with E-state index in [1.165, 1.54) is 34.2 Å². The number of nitrogens with zero attached hydrogens (tertiary/aromatic N) is 2. The van der Waals surface area contributed by atoms with Crippen LogP contribution in [0, 0.1) is 0 Å². The maximum atomic E-state index is 4.48. The van der Waals surface area contributed by atoms with Gasteiger partial charge in [0.1, 0.15) is 0 Å². The van der Waals surface area contributed by atoms with E-state index in [1.807, 2.05) is 17.5 Å². The van der Waals surface area contributed by atoms with Gasteiger partial charge < -0.3 is 5.32 Å². The summed E-state index contributed by atoms with van der Waals surface area (Å²) in [7, 11) is 0. The highest BCUT2D eigenvalue weighted by atomic mass is 32.1. The number of benzene rings is 1. The summed E-state index contributed by atoms with van der Waals surface area (Å²) in [5, 5.41) is 11.6. The van der Waals surface area contributed by atoms with Gasteiger partial charge in [-0.1, -0.05) is 18.2 Å². The van der Waals surface area contributed by atoms with Crippen LogP contribution in [0.5, 0.6) is 0 Å². The van der Waals surface area contributed by atoms with E-state index in [0.717, 1.165) is 19.1 Å². The topological polar surface area (TPSA) is 29.9 Å². The average Bonchev–Trinajstić information content (AvgIpc) is 3.07. The molecule has 0 bridgehead atoms. The minimum absolute atomic E-state index is 0.736. The Hall–Kier alpha value is -1.65. The number of fused-ring (bicyclic) bond motifs is 1. The second-order valence-electron chi connectivity index (χ2n) is 5.39. The Labute approximate surface area is 122 Å². The monoisotopic (exact) mass is 283 g/mol. The Kier molecular flexibility index (Phi) is 3.05. The lowest BCUT2D eigenvalue weighted by atomic mass is 10.2. The zero-order valence-electron chi connectivity index (χ0n) is 11.2. The van der Waals surface area contributed by atoms with Crippen molar-refractivity contribution in [2.75, 3.05) is 0 Å². The second-order valence-corrected chi connectivity index (χ2v) is 6.30. The SMILES string of the molecule is c1ccc2c(Cn3nccc3CNC3CC3)csc2c1. The number of aromatic nitrogens is 2. The van der Waals surface area contributed by atoms with Crippen LogP contribution in [0.25, 0.3) is 10.1 Å². The summed E-state index contributed by atoms with van der Waals surface area (Å²) in [5.74, 6) is 0. The zero-order valence-corrected chi connectivity index (χ0v) is 12.1. The quantitative estimate of drug-likeness (QED) is 0.778. The number of rotatable bonds is 5.